The van der Waals surface area contributed by atoms with Gasteiger partial charge in [0.25, 0.3) is 0 Å². The number of carbonyl (C=O) groups excluding carboxylic acids is 1. The second-order valence-corrected chi connectivity index (χ2v) is 8.08. The lowest BCUT2D eigenvalue weighted by molar-refractivity contribution is -0.113. The third kappa shape index (κ3) is 5.26. The smallest absolute Gasteiger partial charge is 0.323 e. The van der Waals surface area contributed by atoms with Gasteiger partial charge in [0.05, 0.1) is 11.4 Å². The summed E-state index contributed by atoms with van der Waals surface area (Å²) in [5.41, 5.74) is 1.66. The van der Waals surface area contributed by atoms with E-state index < -0.39 is 17.5 Å². The number of anilines is 1. The molecule has 0 saturated heterocycles. The number of hydrogen-bond acceptors (Lipinski definition) is 5. The predicted molar refractivity (Wildman–Crippen MR) is 114 cm³/mol. The zero-order chi connectivity index (χ0) is 21.7. The first kappa shape index (κ1) is 22.4. The van der Waals surface area contributed by atoms with Crippen LogP contribution in [-0.2, 0) is 24.2 Å². The number of likely N-dealkylation sites (N-methyl/N-ethyl adjacent to an activating group) is 1. The molecular formula is C21H26F2N4O2S. The van der Waals surface area contributed by atoms with Gasteiger partial charge in [-0.2, -0.15) is 4.98 Å². The summed E-state index contributed by atoms with van der Waals surface area (Å²) in [7, 11) is 0. The van der Waals surface area contributed by atoms with Crippen molar-refractivity contribution < 1.29 is 13.6 Å². The van der Waals surface area contributed by atoms with Gasteiger partial charge in [-0.3, -0.25) is 9.36 Å². The highest BCUT2D eigenvalue weighted by Gasteiger charge is 2.22. The topological polar surface area (TPSA) is 67.2 Å². The van der Waals surface area contributed by atoms with Gasteiger partial charge in [0.1, 0.15) is 16.7 Å². The van der Waals surface area contributed by atoms with Crippen LogP contribution in [0.1, 0.15) is 31.5 Å². The number of benzene rings is 1. The van der Waals surface area contributed by atoms with Crippen LogP contribution in [0.25, 0.3) is 0 Å². The average molecular weight is 437 g/mol. The number of carbonyl (C=O) groups is 1. The molecule has 0 unspecified atom stereocenters. The zero-order valence-corrected chi connectivity index (χ0v) is 18.0. The number of halogens is 2. The largest absolute Gasteiger partial charge is 0.348 e. The van der Waals surface area contributed by atoms with E-state index in [-0.39, 0.29) is 17.1 Å². The van der Waals surface area contributed by atoms with Crippen molar-refractivity contribution in [2.75, 3.05) is 30.7 Å². The Morgan fingerprint density at radius 3 is 2.73 bits per heavy atom. The molecule has 1 heterocycles. The molecule has 1 amide bonds. The van der Waals surface area contributed by atoms with E-state index in [1.807, 2.05) is 0 Å². The van der Waals surface area contributed by atoms with Crippen molar-refractivity contribution in [3.8, 4) is 0 Å². The summed E-state index contributed by atoms with van der Waals surface area (Å²) < 4.78 is 28.5. The normalized spacial score (nSPS) is 13.0. The molecule has 2 aromatic rings. The Morgan fingerprint density at radius 1 is 1.27 bits per heavy atom. The number of nitrogens with zero attached hydrogens (tertiary/aromatic N) is 3. The SMILES string of the molecule is CCN(CC)CCn1c2c(c(SCC(=O)Nc3ccc(F)cc3F)nc1=O)CCC2. The zero-order valence-electron chi connectivity index (χ0n) is 17.2. The molecule has 1 aromatic carbocycles. The minimum atomic E-state index is -0.830. The number of hydrogen-bond donors (Lipinski definition) is 1. The maximum absolute atomic E-state index is 13.7. The number of rotatable bonds is 9. The highest BCUT2D eigenvalue weighted by Crippen LogP contribution is 2.29. The van der Waals surface area contributed by atoms with Gasteiger partial charge in [-0.1, -0.05) is 25.6 Å². The molecule has 0 saturated carbocycles. The summed E-state index contributed by atoms with van der Waals surface area (Å²) in [6.45, 7) is 7.44. The van der Waals surface area contributed by atoms with Crippen LogP contribution in [0.2, 0.25) is 0 Å². The lowest BCUT2D eigenvalue weighted by atomic mass is 10.2. The third-order valence-electron chi connectivity index (χ3n) is 5.28. The number of fused-ring (bicyclic) bond motifs is 1. The maximum Gasteiger partial charge on any atom is 0.348 e. The van der Waals surface area contributed by atoms with Crippen molar-refractivity contribution in [2.24, 2.45) is 0 Å². The van der Waals surface area contributed by atoms with Crippen LogP contribution in [0.5, 0.6) is 0 Å². The van der Waals surface area contributed by atoms with Crippen molar-refractivity contribution in [1.82, 2.24) is 14.5 Å². The van der Waals surface area contributed by atoms with Gasteiger partial charge in [0.2, 0.25) is 5.91 Å². The minimum Gasteiger partial charge on any atom is -0.323 e. The molecule has 0 radical (unpaired) electrons. The first-order valence-corrected chi connectivity index (χ1v) is 11.1. The molecular weight excluding hydrogens is 410 g/mol. The molecule has 0 fully saturated rings. The first-order chi connectivity index (χ1) is 14.4. The molecule has 0 spiro atoms. The summed E-state index contributed by atoms with van der Waals surface area (Å²) >= 11 is 1.17. The fourth-order valence-corrected chi connectivity index (χ4v) is 4.51. The predicted octanol–water partition coefficient (Wildman–Crippen LogP) is 3.08. The molecule has 0 aliphatic heterocycles. The van der Waals surface area contributed by atoms with E-state index in [2.05, 4.69) is 29.0 Å². The van der Waals surface area contributed by atoms with E-state index in [9.17, 15) is 18.4 Å². The van der Waals surface area contributed by atoms with Gasteiger partial charge in [-0.15, -0.1) is 0 Å². The molecule has 3 rings (SSSR count). The number of thioether (sulfide) groups is 1. The van der Waals surface area contributed by atoms with Gasteiger partial charge in [0, 0.05) is 30.4 Å². The van der Waals surface area contributed by atoms with E-state index in [4.69, 9.17) is 0 Å². The standard InChI is InChI=1S/C21H26F2N4O2S/c1-3-26(4-2)10-11-27-18-7-5-6-15(18)20(25-21(27)29)30-13-19(28)24-17-9-8-14(22)12-16(17)23/h8-9,12H,3-7,10-11,13H2,1-2H3,(H,24,28). The third-order valence-corrected chi connectivity index (χ3v) is 6.30. The van der Waals surface area contributed by atoms with Crippen molar-refractivity contribution >= 4 is 23.4 Å². The second kappa shape index (κ2) is 10.2. The van der Waals surface area contributed by atoms with Gasteiger partial charge in [-0.25, -0.2) is 13.6 Å². The van der Waals surface area contributed by atoms with Crippen LogP contribution in [-0.4, -0.2) is 45.7 Å². The van der Waals surface area contributed by atoms with Crippen LogP contribution in [0.4, 0.5) is 14.5 Å². The van der Waals surface area contributed by atoms with Crippen LogP contribution >= 0.6 is 11.8 Å². The highest BCUT2D eigenvalue weighted by molar-refractivity contribution is 8.00. The molecule has 162 valence electrons. The van der Waals surface area contributed by atoms with Gasteiger partial charge < -0.3 is 10.2 Å². The quantitative estimate of drug-likeness (QED) is 0.483. The molecule has 0 bridgehead atoms. The molecule has 6 nitrogen and oxygen atoms in total. The average Bonchev–Trinajstić information content (AvgIpc) is 3.20. The summed E-state index contributed by atoms with van der Waals surface area (Å²) in [6, 6.07) is 2.98. The van der Waals surface area contributed by atoms with Crippen molar-refractivity contribution in [3.05, 3.63) is 51.6 Å². The van der Waals surface area contributed by atoms with Crippen LogP contribution in [0.3, 0.4) is 0 Å². The van der Waals surface area contributed by atoms with Gasteiger partial charge in [-0.05, 0) is 44.5 Å². The van der Waals surface area contributed by atoms with E-state index in [0.717, 1.165) is 62.3 Å². The summed E-state index contributed by atoms with van der Waals surface area (Å²) in [5.74, 6) is -1.99. The lowest BCUT2D eigenvalue weighted by Gasteiger charge is -2.20. The van der Waals surface area contributed by atoms with E-state index in [0.29, 0.717) is 11.6 Å². The lowest BCUT2D eigenvalue weighted by Crippen LogP contribution is -2.34. The Hall–Kier alpha value is -2.26. The Labute approximate surface area is 178 Å². The molecule has 1 aromatic heterocycles. The minimum absolute atomic E-state index is 0.0147. The van der Waals surface area contributed by atoms with E-state index in [1.165, 1.54) is 17.8 Å². The van der Waals surface area contributed by atoms with E-state index in [1.54, 1.807) is 4.57 Å². The monoisotopic (exact) mass is 436 g/mol. The Balaban J connectivity index is 1.69. The fraction of sp³-hybridized carbons (Fsp3) is 0.476. The van der Waals surface area contributed by atoms with Crippen LogP contribution in [0, 0.1) is 11.6 Å². The second-order valence-electron chi connectivity index (χ2n) is 7.12. The van der Waals surface area contributed by atoms with Crippen molar-refractivity contribution in [3.63, 3.8) is 0 Å². The number of amides is 1. The summed E-state index contributed by atoms with van der Waals surface area (Å²) in [4.78, 5) is 31.3. The Bertz CT molecular complexity index is 976. The molecule has 1 aliphatic carbocycles. The number of aromatic nitrogens is 2. The molecule has 0 atom stereocenters. The fourth-order valence-electron chi connectivity index (χ4n) is 3.63. The molecule has 30 heavy (non-hydrogen) atoms. The maximum atomic E-state index is 13.7. The summed E-state index contributed by atoms with van der Waals surface area (Å²) in [6.07, 6.45) is 2.60. The highest BCUT2D eigenvalue weighted by atomic mass is 32.2. The first-order valence-electron chi connectivity index (χ1n) is 10.2. The molecule has 1 aliphatic rings. The Morgan fingerprint density at radius 2 is 2.03 bits per heavy atom. The Kier molecular flexibility index (Phi) is 7.60. The van der Waals surface area contributed by atoms with Crippen LogP contribution in [0.15, 0.2) is 28.0 Å². The van der Waals surface area contributed by atoms with E-state index >= 15 is 0 Å². The summed E-state index contributed by atoms with van der Waals surface area (Å²) in [5, 5.41) is 3.00. The molecule has 1 N–H and O–H groups in total. The van der Waals surface area contributed by atoms with Crippen molar-refractivity contribution in [1.29, 1.82) is 0 Å². The van der Waals surface area contributed by atoms with Gasteiger partial charge >= 0.3 is 5.69 Å². The van der Waals surface area contributed by atoms with Crippen molar-refractivity contribution in [2.45, 2.75) is 44.7 Å². The number of nitrogens with one attached hydrogen (secondary N) is 1. The van der Waals surface area contributed by atoms with Gasteiger partial charge in [0.15, 0.2) is 0 Å². The van der Waals surface area contributed by atoms with Crippen LogP contribution < -0.4 is 11.0 Å². The molecule has 9 heteroatoms.